The standard InChI is InChI=1S/C22H31BFNO4/c1-21(2)22(3,4)29-23(28-21)19(24)11-10-17-12-14-25(15-13-17)20(26)27-16-18-8-6-5-7-9-18/h5-9,11,17H,10,12-16H2,1-4H3. The summed E-state index contributed by atoms with van der Waals surface area (Å²) in [7, 11) is -0.937. The lowest BCUT2D eigenvalue weighted by atomic mass is 9.85. The average Bonchev–Trinajstić information content (AvgIpc) is 2.92. The van der Waals surface area contributed by atoms with Crippen LogP contribution in [0, 0.1) is 5.92 Å². The summed E-state index contributed by atoms with van der Waals surface area (Å²) in [5, 5.41) is 0. The van der Waals surface area contributed by atoms with Crippen LogP contribution in [-0.2, 0) is 20.7 Å². The molecule has 7 heteroatoms. The fraction of sp³-hybridized carbons (Fsp3) is 0.591. The Morgan fingerprint density at radius 1 is 1.17 bits per heavy atom. The van der Waals surface area contributed by atoms with Crippen molar-refractivity contribution in [1.82, 2.24) is 4.90 Å². The van der Waals surface area contributed by atoms with Crippen LogP contribution in [0.2, 0.25) is 0 Å². The smallest absolute Gasteiger partial charge is 0.445 e. The van der Waals surface area contributed by atoms with Gasteiger partial charge in [-0.1, -0.05) is 36.4 Å². The highest BCUT2D eigenvalue weighted by molar-refractivity contribution is 6.53. The maximum absolute atomic E-state index is 14.5. The molecule has 0 N–H and O–H groups in total. The van der Waals surface area contributed by atoms with Crippen molar-refractivity contribution in [2.24, 2.45) is 5.92 Å². The molecule has 0 aromatic heterocycles. The van der Waals surface area contributed by atoms with Crippen LogP contribution in [0.5, 0.6) is 0 Å². The zero-order chi connectivity index (χ0) is 21.1. The zero-order valence-electron chi connectivity index (χ0n) is 17.8. The molecule has 158 valence electrons. The summed E-state index contributed by atoms with van der Waals surface area (Å²) in [5.74, 6) is 0.335. The minimum atomic E-state index is -0.937. The third-order valence-corrected chi connectivity index (χ3v) is 6.20. The van der Waals surface area contributed by atoms with E-state index in [1.165, 1.54) is 0 Å². The number of benzene rings is 1. The molecule has 2 aliphatic heterocycles. The molecule has 2 fully saturated rings. The molecule has 0 atom stereocenters. The topological polar surface area (TPSA) is 48.0 Å². The number of nitrogens with zero attached hydrogens (tertiary/aromatic N) is 1. The first-order chi connectivity index (χ1) is 13.7. The second-order valence-electron chi connectivity index (χ2n) is 8.88. The number of ether oxygens (including phenoxy) is 1. The summed E-state index contributed by atoms with van der Waals surface area (Å²) in [5.41, 5.74) is -0.491. The summed E-state index contributed by atoms with van der Waals surface area (Å²) in [6, 6.07) is 9.64. The van der Waals surface area contributed by atoms with E-state index in [-0.39, 0.29) is 18.4 Å². The van der Waals surface area contributed by atoms with Gasteiger partial charge in [0.2, 0.25) is 0 Å². The van der Waals surface area contributed by atoms with Gasteiger partial charge in [0.05, 0.1) is 11.2 Å². The molecule has 1 aromatic carbocycles. The van der Waals surface area contributed by atoms with Crippen molar-refractivity contribution in [2.75, 3.05) is 13.1 Å². The molecule has 29 heavy (non-hydrogen) atoms. The van der Waals surface area contributed by atoms with E-state index in [9.17, 15) is 9.18 Å². The third-order valence-electron chi connectivity index (χ3n) is 6.20. The Morgan fingerprint density at radius 2 is 1.76 bits per heavy atom. The van der Waals surface area contributed by atoms with Crippen LogP contribution >= 0.6 is 0 Å². The lowest BCUT2D eigenvalue weighted by Gasteiger charge is -2.32. The molecule has 1 amide bonds. The van der Waals surface area contributed by atoms with Crippen LogP contribution in [-0.4, -0.2) is 42.4 Å². The number of rotatable bonds is 5. The van der Waals surface area contributed by atoms with Crippen molar-refractivity contribution in [3.05, 3.63) is 47.7 Å². The molecule has 3 rings (SSSR count). The van der Waals surface area contributed by atoms with Crippen molar-refractivity contribution >= 4 is 13.2 Å². The quantitative estimate of drug-likeness (QED) is 0.656. The number of amides is 1. The van der Waals surface area contributed by atoms with Crippen LogP contribution < -0.4 is 0 Å². The minimum absolute atomic E-state index is 0.279. The predicted octanol–water partition coefficient (Wildman–Crippen LogP) is 4.91. The van der Waals surface area contributed by atoms with Crippen LogP contribution in [0.15, 0.2) is 42.1 Å². The number of hydrogen-bond acceptors (Lipinski definition) is 4. The lowest BCUT2D eigenvalue weighted by Crippen LogP contribution is -2.41. The number of hydrogen-bond donors (Lipinski definition) is 0. The molecule has 0 bridgehead atoms. The Bertz CT molecular complexity index is 714. The van der Waals surface area contributed by atoms with Crippen molar-refractivity contribution in [3.8, 4) is 0 Å². The normalized spacial score (nSPS) is 22.0. The third kappa shape index (κ3) is 5.40. The highest BCUT2D eigenvalue weighted by Gasteiger charge is 2.53. The maximum atomic E-state index is 14.5. The Labute approximate surface area is 173 Å². The van der Waals surface area contributed by atoms with Crippen molar-refractivity contribution in [1.29, 1.82) is 0 Å². The zero-order valence-corrected chi connectivity index (χ0v) is 17.8. The lowest BCUT2D eigenvalue weighted by molar-refractivity contribution is 0.00578. The highest BCUT2D eigenvalue weighted by Crippen LogP contribution is 2.39. The van der Waals surface area contributed by atoms with Crippen molar-refractivity contribution in [3.63, 3.8) is 0 Å². The van der Waals surface area contributed by atoms with Gasteiger partial charge < -0.3 is 18.9 Å². The van der Waals surface area contributed by atoms with Gasteiger partial charge in [0, 0.05) is 13.1 Å². The Balaban J connectivity index is 1.41. The van der Waals surface area contributed by atoms with Crippen LogP contribution in [0.4, 0.5) is 9.18 Å². The number of piperidine rings is 1. The molecule has 0 radical (unpaired) electrons. The van der Waals surface area contributed by atoms with Crippen LogP contribution in [0.25, 0.3) is 0 Å². The van der Waals surface area contributed by atoms with Gasteiger partial charge in [0.15, 0.2) is 0 Å². The fourth-order valence-electron chi connectivity index (χ4n) is 3.49. The Kier molecular flexibility index (Phi) is 6.69. The molecule has 2 saturated heterocycles. The molecule has 2 aliphatic rings. The van der Waals surface area contributed by atoms with E-state index in [4.69, 9.17) is 14.0 Å². The summed E-state index contributed by atoms with van der Waals surface area (Å²) in [6.07, 6.45) is 3.56. The fourth-order valence-corrected chi connectivity index (χ4v) is 3.49. The first-order valence-electron chi connectivity index (χ1n) is 10.3. The van der Waals surface area contributed by atoms with Gasteiger partial charge in [0.25, 0.3) is 0 Å². The van der Waals surface area contributed by atoms with Gasteiger partial charge >= 0.3 is 13.2 Å². The average molecular weight is 403 g/mol. The van der Waals surface area contributed by atoms with Gasteiger partial charge in [-0.05, 0) is 58.4 Å². The largest absolute Gasteiger partial charge is 0.524 e. The number of halogens is 1. The summed E-state index contributed by atoms with van der Waals surface area (Å²) < 4.78 is 31.4. The van der Waals surface area contributed by atoms with E-state index in [1.54, 1.807) is 11.0 Å². The van der Waals surface area contributed by atoms with E-state index in [2.05, 4.69) is 0 Å². The predicted molar refractivity (Wildman–Crippen MR) is 111 cm³/mol. The van der Waals surface area contributed by atoms with Crippen molar-refractivity contribution < 1.29 is 23.2 Å². The highest BCUT2D eigenvalue weighted by atomic mass is 19.1. The number of carbonyl (C=O) groups is 1. The summed E-state index contributed by atoms with van der Waals surface area (Å²) in [6.45, 7) is 9.18. The maximum Gasteiger partial charge on any atom is 0.524 e. The SMILES string of the molecule is CC1(C)OB(C(F)=CCC2CCN(C(=O)OCc3ccccc3)CC2)OC1(C)C. The van der Waals surface area contributed by atoms with Crippen molar-refractivity contribution in [2.45, 2.75) is 64.8 Å². The summed E-state index contributed by atoms with van der Waals surface area (Å²) in [4.78, 5) is 14.0. The van der Waals surface area contributed by atoms with Gasteiger partial charge in [-0.2, -0.15) is 0 Å². The first-order valence-corrected chi connectivity index (χ1v) is 10.3. The Hall–Kier alpha value is -1.86. The number of allylic oxidation sites excluding steroid dienone is 1. The molecule has 0 spiro atoms. The first kappa shape index (κ1) is 21.8. The van der Waals surface area contributed by atoms with E-state index in [0.29, 0.717) is 25.4 Å². The van der Waals surface area contributed by atoms with Gasteiger partial charge in [0.1, 0.15) is 12.3 Å². The van der Waals surface area contributed by atoms with E-state index < -0.39 is 18.3 Å². The van der Waals surface area contributed by atoms with E-state index >= 15 is 0 Å². The molecule has 5 nitrogen and oxygen atoms in total. The van der Waals surface area contributed by atoms with Crippen LogP contribution in [0.1, 0.15) is 52.5 Å². The molecular weight excluding hydrogens is 372 g/mol. The second-order valence-corrected chi connectivity index (χ2v) is 8.88. The number of likely N-dealkylation sites (tertiary alicyclic amines) is 1. The van der Waals surface area contributed by atoms with Gasteiger partial charge in [-0.3, -0.25) is 0 Å². The molecular formula is C22H31BFNO4. The monoisotopic (exact) mass is 403 g/mol. The van der Waals surface area contributed by atoms with E-state index in [0.717, 1.165) is 18.4 Å². The molecule has 0 saturated carbocycles. The summed E-state index contributed by atoms with van der Waals surface area (Å²) >= 11 is 0. The van der Waals surface area contributed by atoms with E-state index in [1.807, 2.05) is 58.0 Å². The van der Waals surface area contributed by atoms with Gasteiger partial charge in [-0.15, -0.1) is 0 Å². The van der Waals surface area contributed by atoms with Gasteiger partial charge in [-0.25, -0.2) is 9.18 Å². The second kappa shape index (κ2) is 8.88. The number of carbonyl (C=O) groups excluding carboxylic acids is 1. The molecule has 0 aliphatic carbocycles. The Morgan fingerprint density at radius 3 is 2.34 bits per heavy atom. The minimum Gasteiger partial charge on any atom is -0.445 e. The molecule has 2 heterocycles. The molecule has 1 aromatic rings. The van der Waals surface area contributed by atoms with Crippen LogP contribution in [0.3, 0.4) is 0 Å². The molecule has 0 unspecified atom stereocenters.